The van der Waals surface area contributed by atoms with Gasteiger partial charge in [0.25, 0.3) is 0 Å². The van der Waals surface area contributed by atoms with Crippen molar-refractivity contribution in [3.63, 3.8) is 0 Å². The lowest BCUT2D eigenvalue weighted by Gasteiger charge is -2.51. The van der Waals surface area contributed by atoms with Crippen LogP contribution in [0.1, 0.15) is 53.4 Å². The lowest BCUT2D eigenvalue weighted by Crippen LogP contribution is -2.65. The molecule has 0 aromatic heterocycles. The molecule has 1 heterocycles. The largest absolute Gasteiger partial charge is 0.385 e. The van der Waals surface area contributed by atoms with E-state index in [9.17, 15) is 0 Å². The van der Waals surface area contributed by atoms with Gasteiger partial charge in [-0.1, -0.05) is 20.3 Å². The molecule has 3 atom stereocenters. The molecule has 1 aliphatic heterocycles. The van der Waals surface area contributed by atoms with E-state index in [1.54, 1.807) is 7.11 Å². The van der Waals surface area contributed by atoms with Crippen molar-refractivity contribution in [1.82, 2.24) is 10.2 Å². The molecule has 1 aliphatic rings. The predicted octanol–water partition coefficient (Wildman–Crippen LogP) is 2.65. The molecule has 0 amide bonds. The number of ether oxygens (including phenoxy) is 1. The van der Waals surface area contributed by atoms with Crippen molar-refractivity contribution in [2.75, 3.05) is 26.8 Å². The van der Waals surface area contributed by atoms with Crippen LogP contribution < -0.4 is 5.32 Å². The van der Waals surface area contributed by atoms with Crippen LogP contribution in [0.2, 0.25) is 0 Å². The molecule has 1 saturated heterocycles. The van der Waals surface area contributed by atoms with Gasteiger partial charge < -0.3 is 10.1 Å². The highest BCUT2D eigenvalue weighted by Gasteiger charge is 2.38. The predicted molar refractivity (Wildman–Crippen MR) is 78.1 cm³/mol. The summed E-state index contributed by atoms with van der Waals surface area (Å²) in [6.45, 7) is 12.5. The number of nitrogens with one attached hydrogen (secondary N) is 1. The summed E-state index contributed by atoms with van der Waals surface area (Å²) in [5.41, 5.74) is 0.303. The van der Waals surface area contributed by atoms with Crippen molar-refractivity contribution < 1.29 is 4.74 Å². The van der Waals surface area contributed by atoms with Crippen molar-refractivity contribution in [2.24, 2.45) is 0 Å². The van der Waals surface area contributed by atoms with E-state index in [4.69, 9.17) is 4.74 Å². The zero-order valence-electron chi connectivity index (χ0n) is 13.0. The number of nitrogens with zero attached hydrogens (tertiary/aromatic N) is 1. The van der Waals surface area contributed by atoms with Crippen molar-refractivity contribution in [2.45, 2.75) is 71.0 Å². The first-order valence-electron chi connectivity index (χ1n) is 7.56. The fraction of sp³-hybridized carbons (Fsp3) is 1.00. The molecule has 0 spiro atoms. The fourth-order valence-electron chi connectivity index (χ4n) is 3.01. The number of piperazine rings is 1. The highest BCUT2D eigenvalue weighted by atomic mass is 16.5. The molecule has 108 valence electrons. The van der Waals surface area contributed by atoms with Gasteiger partial charge in [0.1, 0.15) is 0 Å². The molecule has 18 heavy (non-hydrogen) atoms. The highest BCUT2D eigenvalue weighted by molar-refractivity contribution is 4.97. The van der Waals surface area contributed by atoms with E-state index in [1.165, 1.54) is 25.8 Å². The van der Waals surface area contributed by atoms with E-state index in [2.05, 4.69) is 37.9 Å². The first-order chi connectivity index (χ1) is 8.57. The number of methoxy groups -OCH3 is 1. The molecule has 0 aliphatic carbocycles. The van der Waals surface area contributed by atoms with Gasteiger partial charge in [0.2, 0.25) is 0 Å². The van der Waals surface area contributed by atoms with Crippen LogP contribution in [-0.4, -0.2) is 49.3 Å². The third-order valence-electron chi connectivity index (χ3n) is 4.55. The smallest absolute Gasteiger partial charge is 0.0477 e. The van der Waals surface area contributed by atoms with E-state index in [0.717, 1.165) is 19.6 Å². The summed E-state index contributed by atoms with van der Waals surface area (Å²) in [4.78, 5) is 2.71. The van der Waals surface area contributed by atoms with E-state index < -0.39 is 0 Å². The fourth-order valence-corrected chi connectivity index (χ4v) is 3.01. The molecule has 0 aromatic carbocycles. The SMILES string of the molecule is CCCC1CN(C(C)CCOC)C(C)(CC)CN1. The summed E-state index contributed by atoms with van der Waals surface area (Å²) < 4.78 is 5.24. The van der Waals surface area contributed by atoms with Gasteiger partial charge in [0, 0.05) is 44.4 Å². The average molecular weight is 256 g/mol. The Morgan fingerprint density at radius 1 is 1.44 bits per heavy atom. The van der Waals surface area contributed by atoms with Gasteiger partial charge in [0.05, 0.1) is 0 Å². The monoisotopic (exact) mass is 256 g/mol. The van der Waals surface area contributed by atoms with Crippen molar-refractivity contribution in [3.05, 3.63) is 0 Å². The van der Waals surface area contributed by atoms with Crippen LogP contribution in [0.15, 0.2) is 0 Å². The second-order valence-corrected chi connectivity index (χ2v) is 6.00. The molecule has 1 rings (SSSR count). The van der Waals surface area contributed by atoms with Gasteiger partial charge in [-0.25, -0.2) is 0 Å². The van der Waals surface area contributed by atoms with Crippen molar-refractivity contribution in [3.8, 4) is 0 Å². The Bertz CT molecular complexity index is 235. The third-order valence-corrected chi connectivity index (χ3v) is 4.55. The van der Waals surface area contributed by atoms with Gasteiger partial charge >= 0.3 is 0 Å². The zero-order valence-corrected chi connectivity index (χ0v) is 13.0. The van der Waals surface area contributed by atoms with Gasteiger partial charge in [-0.2, -0.15) is 0 Å². The Morgan fingerprint density at radius 2 is 2.17 bits per heavy atom. The van der Waals surface area contributed by atoms with Crippen molar-refractivity contribution >= 4 is 0 Å². The lowest BCUT2D eigenvalue weighted by atomic mass is 9.89. The second-order valence-electron chi connectivity index (χ2n) is 6.00. The lowest BCUT2D eigenvalue weighted by molar-refractivity contribution is 0.00413. The van der Waals surface area contributed by atoms with Gasteiger partial charge in [0.15, 0.2) is 0 Å². The molecular weight excluding hydrogens is 224 g/mol. The minimum absolute atomic E-state index is 0.303. The third kappa shape index (κ3) is 3.94. The second kappa shape index (κ2) is 7.46. The maximum absolute atomic E-state index is 5.24. The molecule has 1 N–H and O–H groups in total. The Hall–Kier alpha value is -0.120. The summed E-state index contributed by atoms with van der Waals surface area (Å²) in [6, 6.07) is 1.27. The summed E-state index contributed by atoms with van der Waals surface area (Å²) >= 11 is 0. The van der Waals surface area contributed by atoms with E-state index in [-0.39, 0.29) is 0 Å². The van der Waals surface area contributed by atoms with Crippen LogP contribution in [-0.2, 0) is 4.74 Å². The highest BCUT2D eigenvalue weighted by Crippen LogP contribution is 2.27. The van der Waals surface area contributed by atoms with Crippen LogP contribution in [0.4, 0.5) is 0 Å². The first-order valence-corrected chi connectivity index (χ1v) is 7.56. The standard InChI is InChI=1S/C15H32N2O/c1-6-8-14-11-17(13(3)9-10-18-5)15(4,7-2)12-16-14/h13-14,16H,6-12H2,1-5H3. The Morgan fingerprint density at radius 3 is 2.72 bits per heavy atom. The normalized spacial score (nSPS) is 31.5. The minimum atomic E-state index is 0.303. The average Bonchev–Trinajstić information content (AvgIpc) is 2.38. The van der Waals surface area contributed by atoms with Crippen LogP contribution in [0.3, 0.4) is 0 Å². The zero-order chi connectivity index (χ0) is 13.6. The van der Waals surface area contributed by atoms with Gasteiger partial charge in [-0.15, -0.1) is 0 Å². The number of rotatable bonds is 7. The van der Waals surface area contributed by atoms with E-state index in [1.807, 2.05) is 0 Å². The summed E-state index contributed by atoms with van der Waals surface area (Å²) in [6.07, 6.45) is 4.88. The number of hydrogen-bond donors (Lipinski definition) is 1. The van der Waals surface area contributed by atoms with Crippen molar-refractivity contribution in [1.29, 1.82) is 0 Å². The van der Waals surface area contributed by atoms with Crippen LogP contribution >= 0.6 is 0 Å². The van der Waals surface area contributed by atoms with Crippen LogP contribution in [0.5, 0.6) is 0 Å². The molecule has 3 nitrogen and oxygen atoms in total. The summed E-state index contributed by atoms with van der Waals surface area (Å²) in [5, 5.41) is 3.73. The number of hydrogen-bond acceptors (Lipinski definition) is 3. The maximum Gasteiger partial charge on any atom is 0.0477 e. The Labute approximate surface area is 113 Å². The molecule has 0 saturated carbocycles. The maximum atomic E-state index is 5.24. The quantitative estimate of drug-likeness (QED) is 0.758. The first kappa shape index (κ1) is 15.9. The summed E-state index contributed by atoms with van der Waals surface area (Å²) in [5.74, 6) is 0. The molecule has 3 unspecified atom stereocenters. The Balaban J connectivity index is 2.65. The van der Waals surface area contributed by atoms with E-state index >= 15 is 0 Å². The Kier molecular flexibility index (Phi) is 6.61. The molecule has 1 fully saturated rings. The van der Waals surface area contributed by atoms with Crippen LogP contribution in [0.25, 0.3) is 0 Å². The molecular formula is C15H32N2O. The summed E-state index contributed by atoms with van der Waals surface area (Å²) in [7, 11) is 1.80. The molecule has 0 bridgehead atoms. The molecule has 0 aromatic rings. The van der Waals surface area contributed by atoms with Gasteiger partial charge in [-0.3, -0.25) is 4.90 Å². The van der Waals surface area contributed by atoms with Gasteiger partial charge in [-0.05, 0) is 33.1 Å². The molecule has 0 radical (unpaired) electrons. The molecule has 3 heteroatoms. The van der Waals surface area contributed by atoms with Crippen LogP contribution in [0, 0.1) is 0 Å². The minimum Gasteiger partial charge on any atom is -0.385 e. The topological polar surface area (TPSA) is 24.5 Å². The van der Waals surface area contributed by atoms with E-state index in [0.29, 0.717) is 17.6 Å².